The second-order valence-electron chi connectivity index (χ2n) is 6.04. The van der Waals surface area contributed by atoms with Crippen molar-refractivity contribution in [1.29, 1.82) is 0 Å². The fourth-order valence-corrected chi connectivity index (χ4v) is 1.79. The van der Waals surface area contributed by atoms with Gasteiger partial charge in [0.25, 0.3) is 0 Å². The van der Waals surface area contributed by atoms with Gasteiger partial charge in [-0.05, 0) is 33.1 Å². The monoisotopic (exact) mass is 258 g/mol. The third-order valence-electron chi connectivity index (χ3n) is 2.67. The topological polar surface area (TPSA) is 83.6 Å². The van der Waals surface area contributed by atoms with Gasteiger partial charge in [0.15, 0.2) is 0 Å². The van der Waals surface area contributed by atoms with E-state index in [4.69, 9.17) is 10.8 Å². The molecule has 1 atom stereocenters. The van der Waals surface area contributed by atoms with Crippen molar-refractivity contribution in [2.45, 2.75) is 59.0 Å². The quantitative estimate of drug-likeness (QED) is 0.755. The zero-order chi connectivity index (χ0) is 14.5. The van der Waals surface area contributed by atoms with Crippen LogP contribution in [0.3, 0.4) is 0 Å². The molecule has 5 nitrogen and oxygen atoms in total. The first-order valence-corrected chi connectivity index (χ1v) is 6.34. The van der Waals surface area contributed by atoms with Crippen LogP contribution in [0.15, 0.2) is 0 Å². The molecule has 0 aromatic heterocycles. The van der Waals surface area contributed by atoms with Gasteiger partial charge >= 0.3 is 5.97 Å². The van der Waals surface area contributed by atoms with Crippen LogP contribution >= 0.6 is 0 Å². The van der Waals surface area contributed by atoms with E-state index in [1.807, 2.05) is 34.6 Å². The molecule has 0 heterocycles. The number of hydrogen-bond donors (Lipinski definition) is 2. The van der Waals surface area contributed by atoms with Crippen LogP contribution < -0.4 is 5.73 Å². The number of aliphatic carboxylic acids is 1. The molecule has 18 heavy (non-hydrogen) atoms. The van der Waals surface area contributed by atoms with Gasteiger partial charge in [-0.15, -0.1) is 0 Å². The summed E-state index contributed by atoms with van der Waals surface area (Å²) in [5.41, 5.74) is 5.47. The Morgan fingerprint density at radius 3 is 2.11 bits per heavy atom. The predicted octanol–water partition coefficient (Wildman–Crippen LogP) is 1.46. The molecule has 0 radical (unpaired) electrons. The van der Waals surface area contributed by atoms with Crippen LogP contribution in [0.1, 0.15) is 47.5 Å². The van der Waals surface area contributed by atoms with Gasteiger partial charge in [-0.25, -0.2) is 0 Å². The van der Waals surface area contributed by atoms with Crippen LogP contribution in [-0.2, 0) is 9.59 Å². The number of amides is 1. The van der Waals surface area contributed by atoms with Crippen molar-refractivity contribution < 1.29 is 14.7 Å². The molecule has 3 N–H and O–H groups in total. The lowest BCUT2D eigenvalue weighted by Gasteiger charge is -2.37. The summed E-state index contributed by atoms with van der Waals surface area (Å²) < 4.78 is 0. The molecule has 0 aliphatic rings. The largest absolute Gasteiger partial charge is 0.481 e. The summed E-state index contributed by atoms with van der Waals surface area (Å²) in [5.74, 6) is -0.739. The highest BCUT2D eigenvalue weighted by Gasteiger charge is 2.30. The predicted molar refractivity (Wildman–Crippen MR) is 71.1 cm³/mol. The van der Waals surface area contributed by atoms with E-state index in [1.165, 1.54) is 0 Å². The van der Waals surface area contributed by atoms with Crippen molar-refractivity contribution in [1.82, 2.24) is 4.90 Å². The molecule has 0 rings (SSSR count). The number of nitrogens with zero attached hydrogens (tertiary/aromatic N) is 1. The highest BCUT2D eigenvalue weighted by Crippen LogP contribution is 2.17. The van der Waals surface area contributed by atoms with E-state index < -0.39 is 17.6 Å². The molecule has 1 amide bonds. The van der Waals surface area contributed by atoms with Crippen molar-refractivity contribution in [3.63, 3.8) is 0 Å². The van der Waals surface area contributed by atoms with Gasteiger partial charge in [0.05, 0.1) is 12.5 Å². The molecule has 0 aromatic rings. The molecule has 0 saturated carbocycles. The minimum atomic E-state index is -0.908. The van der Waals surface area contributed by atoms with E-state index in [2.05, 4.69) is 0 Å². The van der Waals surface area contributed by atoms with Gasteiger partial charge in [-0.1, -0.05) is 13.8 Å². The number of carbonyl (C=O) groups excluding carboxylic acids is 1. The molecule has 106 valence electrons. The summed E-state index contributed by atoms with van der Waals surface area (Å²) in [5, 5.41) is 8.72. The first kappa shape index (κ1) is 16.9. The second kappa shape index (κ2) is 6.73. The van der Waals surface area contributed by atoms with Crippen LogP contribution in [0.5, 0.6) is 0 Å². The molecule has 0 fully saturated rings. The lowest BCUT2D eigenvalue weighted by Crippen LogP contribution is -2.53. The minimum absolute atomic E-state index is 0.0581. The Morgan fingerprint density at radius 2 is 1.78 bits per heavy atom. The molecule has 5 heteroatoms. The van der Waals surface area contributed by atoms with Crippen molar-refractivity contribution in [3.05, 3.63) is 0 Å². The Bertz CT molecular complexity index is 295. The van der Waals surface area contributed by atoms with Crippen LogP contribution in [-0.4, -0.2) is 40.0 Å². The maximum absolute atomic E-state index is 12.2. The average molecular weight is 258 g/mol. The number of nitrogens with two attached hydrogens (primary N) is 1. The number of carboxylic acids is 1. The summed E-state index contributed by atoms with van der Waals surface area (Å²) in [6.07, 6.45) is 0.551. The number of rotatable bonds is 6. The second-order valence-corrected chi connectivity index (χ2v) is 6.04. The van der Waals surface area contributed by atoms with Crippen LogP contribution in [0.4, 0.5) is 0 Å². The van der Waals surface area contributed by atoms with E-state index in [0.29, 0.717) is 12.3 Å². The molecular weight excluding hydrogens is 232 g/mol. The maximum Gasteiger partial charge on any atom is 0.305 e. The standard InChI is InChI=1S/C13H26N2O3/c1-9(2)8-10(14)12(18)15(13(3,4)5)7-6-11(16)17/h9-10H,6-8,14H2,1-5H3,(H,16,17). The van der Waals surface area contributed by atoms with Crippen molar-refractivity contribution in [2.75, 3.05) is 6.54 Å². The number of hydrogen-bond acceptors (Lipinski definition) is 3. The Kier molecular flexibility index (Phi) is 6.32. The minimum Gasteiger partial charge on any atom is -0.481 e. The lowest BCUT2D eigenvalue weighted by molar-refractivity contribution is -0.141. The lowest BCUT2D eigenvalue weighted by atomic mass is 9.99. The SMILES string of the molecule is CC(C)CC(N)C(=O)N(CCC(=O)O)C(C)(C)C. The normalized spacial score (nSPS) is 13.5. The van der Waals surface area contributed by atoms with Crippen LogP contribution in [0.25, 0.3) is 0 Å². The first-order chi connectivity index (χ1) is 8.05. The molecule has 0 bridgehead atoms. The molecule has 0 spiro atoms. The summed E-state index contributed by atoms with van der Waals surface area (Å²) >= 11 is 0. The van der Waals surface area contributed by atoms with E-state index in [0.717, 1.165) is 0 Å². The Labute approximate surface area is 109 Å². The van der Waals surface area contributed by atoms with E-state index in [9.17, 15) is 9.59 Å². The van der Waals surface area contributed by atoms with Crippen molar-refractivity contribution in [2.24, 2.45) is 11.7 Å². The van der Waals surface area contributed by atoms with Crippen molar-refractivity contribution in [3.8, 4) is 0 Å². The third kappa shape index (κ3) is 6.00. The molecule has 0 aliphatic heterocycles. The Morgan fingerprint density at radius 1 is 1.28 bits per heavy atom. The van der Waals surface area contributed by atoms with Gasteiger partial charge in [0.1, 0.15) is 0 Å². The van der Waals surface area contributed by atoms with Crippen LogP contribution in [0.2, 0.25) is 0 Å². The zero-order valence-electron chi connectivity index (χ0n) is 12.1. The Hall–Kier alpha value is -1.10. The fourth-order valence-electron chi connectivity index (χ4n) is 1.79. The zero-order valence-corrected chi connectivity index (χ0v) is 12.1. The van der Waals surface area contributed by atoms with Gasteiger partial charge in [-0.3, -0.25) is 9.59 Å². The van der Waals surface area contributed by atoms with Gasteiger partial charge in [0, 0.05) is 12.1 Å². The Balaban J connectivity index is 4.75. The van der Waals surface area contributed by atoms with Gasteiger partial charge in [0.2, 0.25) is 5.91 Å². The maximum atomic E-state index is 12.2. The summed E-state index contributed by atoms with van der Waals surface area (Å²) in [6.45, 7) is 9.86. The summed E-state index contributed by atoms with van der Waals surface area (Å²) in [6, 6.07) is -0.557. The summed E-state index contributed by atoms with van der Waals surface area (Å²) in [4.78, 5) is 24.4. The van der Waals surface area contributed by atoms with Gasteiger partial charge in [-0.2, -0.15) is 0 Å². The van der Waals surface area contributed by atoms with Gasteiger partial charge < -0.3 is 15.7 Å². The third-order valence-corrected chi connectivity index (χ3v) is 2.67. The molecule has 0 aliphatic carbocycles. The smallest absolute Gasteiger partial charge is 0.305 e. The molecular formula is C13H26N2O3. The molecule has 1 unspecified atom stereocenters. The average Bonchev–Trinajstić information content (AvgIpc) is 2.13. The number of carboxylic acid groups (broad SMARTS) is 1. The fraction of sp³-hybridized carbons (Fsp3) is 0.846. The van der Waals surface area contributed by atoms with Crippen molar-refractivity contribution >= 4 is 11.9 Å². The van der Waals surface area contributed by atoms with E-state index >= 15 is 0 Å². The van der Waals surface area contributed by atoms with Crippen LogP contribution in [0, 0.1) is 5.92 Å². The highest BCUT2D eigenvalue weighted by atomic mass is 16.4. The summed E-state index contributed by atoms with van der Waals surface area (Å²) in [7, 11) is 0. The first-order valence-electron chi connectivity index (χ1n) is 6.34. The van der Waals surface area contributed by atoms with E-state index in [1.54, 1.807) is 4.90 Å². The number of carbonyl (C=O) groups is 2. The molecule has 0 aromatic carbocycles. The van der Waals surface area contributed by atoms with E-state index in [-0.39, 0.29) is 18.9 Å². The molecule has 0 saturated heterocycles. The highest BCUT2D eigenvalue weighted by molar-refractivity contribution is 5.82.